The van der Waals surface area contributed by atoms with E-state index in [0.717, 1.165) is 5.56 Å². The summed E-state index contributed by atoms with van der Waals surface area (Å²) in [5.74, 6) is -0.720. The van der Waals surface area contributed by atoms with Crippen LogP contribution in [-0.4, -0.2) is 37.8 Å². The third-order valence-electron chi connectivity index (χ3n) is 5.27. The number of halogens is 1. The van der Waals surface area contributed by atoms with Crippen LogP contribution in [0.5, 0.6) is 0 Å². The predicted molar refractivity (Wildman–Crippen MR) is 98.0 cm³/mol. The van der Waals surface area contributed by atoms with Crippen molar-refractivity contribution < 1.29 is 24.8 Å². The molecule has 0 unspecified atom stereocenters. The van der Waals surface area contributed by atoms with Crippen LogP contribution in [0.3, 0.4) is 0 Å². The van der Waals surface area contributed by atoms with E-state index in [-0.39, 0.29) is 17.6 Å². The van der Waals surface area contributed by atoms with Gasteiger partial charge in [0, 0.05) is 16.3 Å². The van der Waals surface area contributed by atoms with Crippen molar-refractivity contribution in [1.82, 2.24) is 9.78 Å². The zero-order valence-electron chi connectivity index (χ0n) is 14.7. The molecule has 2 aliphatic rings. The summed E-state index contributed by atoms with van der Waals surface area (Å²) < 4.78 is 6.99. The molecule has 1 fully saturated rings. The second-order valence-corrected chi connectivity index (χ2v) is 7.41. The number of carbonyl (C=O) groups is 1. The predicted octanol–water partition coefficient (Wildman–Crippen LogP) is 3.97. The molecule has 1 aromatic heterocycles. The number of esters is 1. The number of aliphatic hydroxyl groups excluding tert-OH is 1. The van der Waals surface area contributed by atoms with Gasteiger partial charge in [-0.25, -0.2) is 14.4 Å². The fourth-order valence-corrected chi connectivity index (χ4v) is 3.86. The van der Waals surface area contributed by atoms with Crippen LogP contribution in [0.4, 0.5) is 0 Å². The van der Waals surface area contributed by atoms with Gasteiger partial charge < -0.3 is 9.84 Å². The molecule has 2 aromatic rings. The van der Waals surface area contributed by atoms with Crippen LogP contribution in [0.25, 0.3) is 17.0 Å². The summed E-state index contributed by atoms with van der Waals surface area (Å²) in [6.07, 6.45) is 1.41. The first-order valence-electron chi connectivity index (χ1n) is 8.74. The maximum absolute atomic E-state index is 12.6. The molecule has 1 spiro atoms. The first kappa shape index (κ1) is 18.0. The SMILES string of the molecule is Cc1cc(-c2ccc(Cl)cc2)nn1C1=C(O)C2(CCC(OO)CC2)OC1=O. The first-order valence-corrected chi connectivity index (χ1v) is 9.11. The second kappa shape index (κ2) is 6.67. The van der Waals surface area contributed by atoms with E-state index in [1.54, 1.807) is 12.1 Å². The van der Waals surface area contributed by atoms with Crippen molar-refractivity contribution in [3.8, 4) is 11.3 Å². The molecular weight excluding hydrogens is 372 g/mol. The van der Waals surface area contributed by atoms with E-state index in [1.807, 2.05) is 25.1 Å². The number of hydrogen-bond acceptors (Lipinski definition) is 6. The van der Waals surface area contributed by atoms with Gasteiger partial charge in [0.1, 0.15) is 0 Å². The van der Waals surface area contributed by atoms with Gasteiger partial charge in [0.2, 0.25) is 0 Å². The fraction of sp³-hybridized carbons (Fsp3) is 0.368. The van der Waals surface area contributed by atoms with Gasteiger partial charge in [0.15, 0.2) is 17.1 Å². The number of rotatable bonds is 3. The molecule has 2 N–H and O–H groups in total. The lowest BCUT2D eigenvalue weighted by Crippen LogP contribution is -2.38. The summed E-state index contributed by atoms with van der Waals surface area (Å²) >= 11 is 5.93. The maximum Gasteiger partial charge on any atom is 0.361 e. The minimum Gasteiger partial charge on any atom is -0.506 e. The van der Waals surface area contributed by atoms with Gasteiger partial charge in [-0.3, -0.25) is 5.26 Å². The Bertz CT molecular complexity index is 911. The van der Waals surface area contributed by atoms with E-state index >= 15 is 0 Å². The van der Waals surface area contributed by atoms with Gasteiger partial charge in [-0.2, -0.15) is 5.10 Å². The number of benzene rings is 1. The van der Waals surface area contributed by atoms with Gasteiger partial charge in [0.25, 0.3) is 0 Å². The summed E-state index contributed by atoms with van der Waals surface area (Å²) in [5.41, 5.74) is 1.18. The van der Waals surface area contributed by atoms with Gasteiger partial charge in [-0.1, -0.05) is 23.7 Å². The highest BCUT2D eigenvalue weighted by Crippen LogP contribution is 2.44. The van der Waals surface area contributed by atoms with Crippen molar-refractivity contribution in [2.24, 2.45) is 0 Å². The van der Waals surface area contributed by atoms with E-state index in [0.29, 0.717) is 42.1 Å². The van der Waals surface area contributed by atoms with Crippen molar-refractivity contribution in [2.75, 3.05) is 0 Å². The Labute approximate surface area is 160 Å². The van der Waals surface area contributed by atoms with Gasteiger partial charge in [-0.05, 0) is 50.8 Å². The van der Waals surface area contributed by atoms with E-state index in [9.17, 15) is 9.90 Å². The topological polar surface area (TPSA) is 93.8 Å². The lowest BCUT2D eigenvalue weighted by atomic mass is 9.82. The largest absolute Gasteiger partial charge is 0.506 e. The number of carbonyl (C=O) groups excluding carboxylic acids is 1. The maximum atomic E-state index is 12.6. The number of aromatic nitrogens is 2. The Hall–Kier alpha value is -2.35. The molecule has 1 saturated carbocycles. The molecule has 0 atom stereocenters. The molecule has 7 nitrogen and oxygen atoms in total. The Morgan fingerprint density at radius 2 is 1.96 bits per heavy atom. The Morgan fingerprint density at radius 3 is 2.59 bits per heavy atom. The number of ether oxygens (including phenoxy) is 1. The Kier molecular flexibility index (Phi) is 4.46. The monoisotopic (exact) mass is 390 g/mol. The minimum atomic E-state index is -1.07. The molecule has 1 aliphatic carbocycles. The van der Waals surface area contributed by atoms with Crippen LogP contribution in [0.2, 0.25) is 5.02 Å². The van der Waals surface area contributed by atoms with Crippen molar-refractivity contribution >= 4 is 23.3 Å². The van der Waals surface area contributed by atoms with E-state index < -0.39 is 11.6 Å². The molecule has 0 saturated heterocycles. The smallest absolute Gasteiger partial charge is 0.361 e. The Balaban J connectivity index is 1.70. The third kappa shape index (κ3) is 3.01. The molecule has 8 heteroatoms. The molecule has 27 heavy (non-hydrogen) atoms. The van der Waals surface area contributed by atoms with Crippen LogP contribution in [0, 0.1) is 6.92 Å². The summed E-state index contributed by atoms with van der Waals surface area (Å²) in [5, 5.41) is 24.8. The van der Waals surface area contributed by atoms with Crippen LogP contribution in [-0.2, 0) is 14.4 Å². The lowest BCUT2D eigenvalue weighted by molar-refractivity contribution is -0.288. The van der Waals surface area contributed by atoms with Crippen molar-refractivity contribution in [3.05, 3.63) is 46.8 Å². The molecule has 0 bridgehead atoms. The zero-order valence-corrected chi connectivity index (χ0v) is 15.4. The fourth-order valence-electron chi connectivity index (χ4n) is 3.74. The van der Waals surface area contributed by atoms with Gasteiger partial charge >= 0.3 is 5.97 Å². The number of nitrogens with zero attached hydrogens (tertiary/aromatic N) is 2. The quantitative estimate of drug-likeness (QED) is 0.468. The summed E-state index contributed by atoms with van der Waals surface area (Å²) in [6, 6.07) is 9.05. The van der Waals surface area contributed by atoms with Crippen molar-refractivity contribution in [1.29, 1.82) is 0 Å². The number of aryl methyl sites for hydroxylation is 1. The molecule has 1 aliphatic heterocycles. The highest BCUT2D eigenvalue weighted by molar-refractivity contribution is 6.30. The van der Waals surface area contributed by atoms with Gasteiger partial charge in [0.05, 0.1) is 11.8 Å². The summed E-state index contributed by atoms with van der Waals surface area (Å²) in [6.45, 7) is 1.81. The highest BCUT2D eigenvalue weighted by Gasteiger charge is 2.51. The molecule has 0 radical (unpaired) electrons. The molecular formula is C19H19ClN2O5. The standard InChI is InChI=1S/C19H19ClN2O5/c1-11-10-15(12-2-4-13(20)5-3-12)21-22(11)16-17(23)19(26-18(16)24)8-6-14(27-25)7-9-19/h2-5,10,14,23,25H,6-9H2,1H3. The van der Waals surface area contributed by atoms with Crippen LogP contribution in [0.1, 0.15) is 31.4 Å². The molecule has 142 valence electrons. The van der Waals surface area contributed by atoms with Crippen LogP contribution >= 0.6 is 11.6 Å². The molecule has 4 rings (SSSR count). The molecule has 0 amide bonds. The summed E-state index contributed by atoms with van der Waals surface area (Å²) in [4.78, 5) is 16.9. The highest BCUT2D eigenvalue weighted by atomic mass is 35.5. The van der Waals surface area contributed by atoms with Crippen LogP contribution in [0.15, 0.2) is 36.1 Å². The van der Waals surface area contributed by atoms with E-state index in [1.165, 1.54) is 4.68 Å². The molecule has 2 heterocycles. The lowest BCUT2D eigenvalue weighted by Gasteiger charge is -2.34. The van der Waals surface area contributed by atoms with E-state index in [4.69, 9.17) is 21.6 Å². The number of hydrogen-bond donors (Lipinski definition) is 2. The van der Waals surface area contributed by atoms with Crippen molar-refractivity contribution in [3.63, 3.8) is 0 Å². The average Bonchev–Trinajstić information content (AvgIpc) is 3.14. The number of aliphatic hydroxyl groups is 1. The zero-order chi connectivity index (χ0) is 19.2. The third-order valence-corrected chi connectivity index (χ3v) is 5.52. The second-order valence-electron chi connectivity index (χ2n) is 6.98. The Morgan fingerprint density at radius 1 is 1.30 bits per heavy atom. The summed E-state index contributed by atoms with van der Waals surface area (Å²) in [7, 11) is 0. The first-order chi connectivity index (χ1) is 12.9. The minimum absolute atomic E-state index is 0.0380. The van der Waals surface area contributed by atoms with Gasteiger partial charge in [-0.15, -0.1) is 0 Å². The van der Waals surface area contributed by atoms with E-state index in [2.05, 4.69) is 9.99 Å². The normalized spacial score (nSPS) is 25.3. The van der Waals surface area contributed by atoms with Crippen molar-refractivity contribution in [2.45, 2.75) is 44.3 Å². The average molecular weight is 391 g/mol. The van der Waals surface area contributed by atoms with Crippen LogP contribution < -0.4 is 0 Å². The molecule has 1 aromatic carbocycles.